The number of rotatable bonds is 4. The topological polar surface area (TPSA) is 61.2 Å². The van der Waals surface area contributed by atoms with Crippen LogP contribution in [0.1, 0.15) is 48.6 Å². The number of carbonyl (C=O) groups is 1. The van der Waals surface area contributed by atoms with Gasteiger partial charge in [-0.05, 0) is 62.6 Å². The summed E-state index contributed by atoms with van der Waals surface area (Å²) in [6.07, 6.45) is 5.51. The Balaban J connectivity index is 1.66. The smallest absolute Gasteiger partial charge is 0.326 e. The second-order valence-corrected chi connectivity index (χ2v) is 9.78. The van der Waals surface area contributed by atoms with Gasteiger partial charge in [-0.15, -0.1) is 11.3 Å². The zero-order valence-corrected chi connectivity index (χ0v) is 18.8. The van der Waals surface area contributed by atoms with Gasteiger partial charge in [0, 0.05) is 10.4 Å². The maximum absolute atomic E-state index is 13.3. The fraction of sp³-hybridized carbons (Fsp3) is 0.458. The van der Waals surface area contributed by atoms with Crippen molar-refractivity contribution in [2.45, 2.75) is 66.0 Å². The third-order valence-corrected chi connectivity index (χ3v) is 7.15. The average Bonchev–Trinajstić information content (AvgIpc) is 3.03. The van der Waals surface area contributed by atoms with Gasteiger partial charge in [-0.3, -0.25) is 14.2 Å². The number of aromatic nitrogens is 2. The lowest BCUT2D eigenvalue weighted by molar-refractivity contribution is -0.152. The van der Waals surface area contributed by atoms with Crippen molar-refractivity contribution in [3.05, 3.63) is 50.9 Å². The lowest BCUT2D eigenvalue weighted by atomic mass is 9.89. The van der Waals surface area contributed by atoms with Gasteiger partial charge < -0.3 is 4.74 Å². The highest BCUT2D eigenvalue weighted by atomic mass is 32.1. The van der Waals surface area contributed by atoms with E-state index < -0.39 is 0 Å². The summed E-state index contributed by atoms with van der Waals surface area (Å²) in [6.45, 7) is 8.24. The van der Waals surface area contributed by atoms with E-state index in [4.69, 9.17) is 4.74 Å². The molecule has 0 spiro atoms. The maximum Gasteiger partial charge on any atom is 0.326 e. The van der Waals surface area contributed by atoms with E-state index in [1.54, 1.807) is 0 Å². The molecule has 0 amide bonds. The third kappa shape index (κ3) is 4.06. The Hall–Kier alpha value is -2.47. The van der Waals surface area contributed by atoms with Crippen molar-refractivity contribution in [3.8, 4) is 11.1 Å². The summed E-state index contributed by atoms with van der Waals surface area (Å²) < 4.78 is 7.04. The summed E-state index contributed by atoms with van der Waals surface area (Å²) in [6, 6.07) is 6.23. The fourth-order valence-electron chi connectivity index (χ4n) is 4.34. The summed E-state index contributed by atoms with van der Waals surface area (Å²) in [5.74, 6) is 0.212. The molecule has 1 aliphatic carbocycles. The zero-order valence-electron chi connectivity index (χ0n) is 18.0. The molecule has 1 aromatic carbocycles. The van der Waals surface area contributed by atoms with Crippen LogP contribution in [-0.2, 0) is 16.1 Å². The third-order valence-electron chi connectivity index (χ3n) is 6.14. The minimum Gasteiger partial charge on any atom is -0.461 e. The number of carbonyl (C=O) groups excluding carboxylic acids is 1. The van der Waals surface area contributed by atoms with Gasteiger partial charge in [0.1, 0.15) is 17.5 Å². The molecule has 1 fully saturated rings. The first-order valence-corrected chi connectivity index (χ1v) is 11.4. The predicted octanol–water partition coefficient (Wildman–Crippen LogP) is 5.17. The van der Waals surface area contributed by atoms with Gasteiger partial charge in [-0.2, -0.15) is 0 Å². The van der Waals surface area contributed by atoms with Crippen LogP contribution in [-0.4, -0.2) is 21.6 Å². The number of hydrogen-bond donors (Lipinski definition) is 0. The van der Waals surface area contributed by atoms with Crippen LogP contribution in [0.15, 0.2) is 29.3 Å². The van der Waals surface area contributed by atoms with E-state index in [0.717, 1.165) is 35.3 Å². The number of hydrogen-bond acceptors (Lipinski definition) is 5. The highest BCUT2D eigenvalue weighted by Gasteiger charge is 2.23. The molecule has 1 aliphatic rings. The van der Waals surface area contributed by atoms with Gasteiger partial charge in [0.25, 0.3) is 5.56 Å². The number of benzene rings is 1. The second-order valence-electron chi connectivity index (χ2n) is 8.57. The lowest BCUT2D eigenvalue weighted by Crippen LogP contribution is -2.30. The number of ether oxygens (including phenoxy) is 1. The van der Waals surface area contributed by atoms with Crippen LogP contribution in [0.4, 0.5) is 0 Å². The summed E-state index contributed by atoms with van der Waals surface area (Å²) >= 11 is 1.51. The molecule has 5 nitrogen and oxygen atoms in total. The van der Waals surface area contributed by atoms with Crippen molar-refractivity contribution in [1.29, 1.82) is 0 Å². The predicted molar refractivity (Wildman–Crippen MR) is 121 cm³/mol. The monoisotopic (exact) mass is 424 g/mol. The average molecular weight is 425 g/mol. The maximum atomic E-state index is 13.3. The summed E-state index contributed by atoms with van der Waals surface area (Å²) in [7, 11) is 0. The normalized spacial score (nSPS) is 19.2. The van der Waals surface area contributed by atoms with Gasteiger partial charge in [-0.25, -0.2) is 4.98 Å². The lowest BCUT2D eigenvalue weighted by Gasteiger charge is -2.26. The standard InChI is InChI=1S/C24H28N2O3S/c1-14-6-5-7-19(10-14)29-20(27)12-26-13-25-23-22(24(26)28)21(17(4)30-23)18-9-8-15(2)16(3)11-18/h8-9,11,13-14,19H,5-7,10,12H2,1-4H3. The van der Waals surface area contributed by atoms with Crippen LogP contribution in [0, 0.1) is 26.7 Å². The van der Waals surface area contributed by atoms with E-state index in [-0.39, 0.29) is 24.2 Å². The molecule has 1 saturated carbocycles. The molecule has 6 heteroatoms. The summed E-state index contributed by atoms with van der Waals surface area (Å²) in [4.78, 5) is 32.0. The van der Waals surface area contributed by atoms with Crippen LogP contribution in [0.5, 0.6) is 0 Å². The van der Waals surface area contributed by atoms with Gasteiger partial charge in [0.15, 0.2) is 0 Å². The first kappa shape index (κ1) is 20.8. The Morgan fingerprint density at radius 1 is 1.23 bits per heavy atom. The molecule has 2 heterocycles. The van der Waals surface area contributed by atoms with Gasteiger partial charge in [0.05, 0.1) is 11.7 Å². The SMILES string of the molecule is Cc1ccc(-c2c(C)sc3ncn(CC(=O)OC4CCCC(C)C4)c(=O)c23)cc1C. The van der Waals surface area contributed by atoms with E-state index in [0.29, 0.717) is 16.1 Å². The first-order valence-electron chi connectivity index (χ1n) is 10.6. The fourth-order valence-corrected chi connectivity index (χ4v) is 5.35. The Kier molecular flexibility index (Phi) is 5.78. The quantitative estimate of drug-likeness (QED) is 0.542. The van der Waals surface area contributed by atoms with E-state index >= 15 is 0 Å². The summed E-state index contributed by atoms with van der Waals surface area (Å²) in [5, 5.41) is 0.586. The van der Waals surface area contributed by atoms with Gasteiger partial charge in [-0.1, -0.05) is 31.5 Å². The van der Waals surface area contributed by atoms with E-state index in [2.05, 4.69) is 37.9 Å². The van der Waals surface area contributed by atoms with Crippen molar-refractivity contribution >= 4 is 27.5 Å². The minimum absolute atomic E-state index is 0.0388. The molecule has 0 radical (unpaired) electrons. The van der Waals surface area contributed by atoms with Crippen LogP contribution >= 0.6 is 11.3 Å². The molecular weight excluding hydrogens is 396 g/mol. The van der Waals surface area contributed by atoms with Crippen molar-refractivity contribution in [2.24, 2.45) is 5.92 Å². The molecule has 0 aliphatic heterocycles. The molecule has 0 N–H and O–H groups in total. The Morgan fingerprint density at radius 3 is 2.77 bits per heavy atom. The number of fused-ring (bicyclic) bond motifs is 1. The van der Waals surface area contributed by atoms with Crippen LogP contribution in [0.3, 0.4) is 0 Å². The molecule has 4 rings (SSSR count). The zero-order chi connectivity index (χ0) is 21.4. The van der Waals surface area contributed by atoms with Crippen molar-refractivity contribution in [2.75, 3.05) is 0 Å². The second kappa shape index (κ2) is 8.34. The largest absolute Gasteiger partial charge is 0.461 e. The van der Waals surface area contributed by atoms with Crippen molar-refractivity contribution < 1.29 is 9.53 Å². The molecule has 30 heavy (non-hydrogen) atoms. The van der Waals surface area contributed by atoms with Crippen molar-refractivity contribution in [3.63, 3.8) is 0 Å². The van der Waals surface area contributed by atoms with Gasteiger partial charge >= 0.3 is 5.97 Å². The highest BCUT2D eigenvalue weighted by Crippen LogP contribution is 2.36. The van der Waals surface area contributed by atoms with E-state index in [1.165, 1.54) is 39.8 Å². The number of nitrogens with zero attached hydrogens (tertiary/aromatic N) is 2. The number of esters is 1. The minimum atomic E-state index is -0.364. The van der Waals surface area contributed by atoms with Crippen LogP contribution in [0.2, 0.25) is 0 Å². The molecule has 158 valence electrons. The molecule has 0 bridgehead atoms. The summed E-state index contributed by atoms with van der Waals surface area (Å²) in [5.41, 5.74) is 4.13. The molecule has 3 aromatic rings. The Bertz CT molecular complexity index is 1160. The molecule has 2 unspecified atom stereocenters. The molecule has 0 saturated heterocycles. The van der Waals surface area contributed by atoms with Gasteiger partial charge in [0.2, 0.25) is 0 Å². The Labute approximate surface area is 180 Å². The number of thiophene rings is 1. The van der Waals surface area contributed by atoms with Crippen molar-refractivity contribution in [1.82, 2.24) is 9.55 Å². The van der Waals surface area contributed by atoms with Crippen LogP contribution < -0.4 is 5.56 Å². The number of aryl methyl sites for hydroxylation is 3. The molecule has 2 atom stereocenters. The first-order chi connectivity index (χ1) is 14.3. The van der Waals surface area contributed by atoms with E-state index in [9.17, 15) is 9.59 Å². The highest BCUT2D eigenvalue weighted by molar-refractivity contribution is 7.19. The molecular formula is C24H28N2O3S. The van der Waals surface area contributed by atoms with Crippen LogP contribution in [0.25, 0.3) is 21.3 Å². The van der Waals surface area contributed by atoms with E-state index in [1.807, 2.05) is 13.0 Å². The molecule has 2 aromatic heterocycles. The Morgan fingerprint density at radius 2 is 2.03 bits per heavy atom.